The third kappa shape index (κ3) is 3.30. The molecule has 8 heteroatoms. The van der Waals surface area contributed by atoms with Crippen molar-refractivity contribution in [3.63, 3.8) is 0 Å². The van der Waals surface area contributed by atoms with Crippen LogP contribution in [0.5, 0.6) is 0 Å². The molecule has 3 heterocycles. The van der Waals surface area contributed by atoms with Gasteiger partial charge in [-0.25, -0.2) is 4.98 Å². The van der Waals surface area contributed by atoms with Crippen LogP contribution >= 0.6 is 22.9 Å². The van der Waals surface area contributed by atoms with Crippen molar-refractivity contribution in [2.24, 2.45) is 0 Å². The SMILES string of the molecule is Cc1ccc(Cl)c2sc(N3CCN(C(=O)c4ccnn4C(C)C)CC3)nc12. The van der Waals surface area contributed by atoms with Crippen molar-refractivity contribution in [2.45, 2.75) is 26.8 Å². The number of carbonyl (C=O) groups excluding carboxylic acids is 1. The van der Waals surface area contributed by atoms with Gasteiger partial charge in [-0.05, 0) is 38.5 Å². The Morgan fingerprint density at radius 3 is 2.59 bits per heavy atom. The fraction of sp³-hybridized carbons (Fsp3) is 0.421. The first-order chi connectivity index (χ1) is 13.0. The highest BCUT2D eigenvalue weighted by atomic mass is 35.5. The molecule has 0 N–H and O–H groups in total. The Kier molecular flexibility index (Phi) is 4.82. The van der Waals surface area contributed by atoms with Gasteiger partial charge in [0, 0.05) is 38.4 Å². The number of hydrogen-bond acceptors (Lipinski definition) is 5. The van der Waals surface area contributed by atoms with E-state index in [2.05, 4.69) is 16.9 Å². The number of aryl methyl sites for hydroxylation is 1. The lowest BCUT2D eigenvalue weighted by Gasteiger charge is -2.34. The lowest BCUT2D eigenvalue weighted by Crippen LogP contribution is -2.49. The Hall–Kier alpha value is -2.12. The molecule has 3 aromatic rings. The van der Waals surface area contributed by atoms with Gasteiger partial charge in [-0.15, -0.1) is 0 Å². The van der Waals surface area contributed by atoms with Gasteiger partial charge in [-0.2, -0.15) is 5.10 Å². The summed E-state index contributed by atoms with van der Waals surface area (Å²) in [4.78, 5) is 21.8. The normalized spacial score (nSPS) is 15.1. The molecule has 27 heavy (non-hydrogen) atoms. The maximum atomic E-state index is 12.9. The van der Waals surface area contributed by atoms with Crippen LogP contribution < -0.4 is 4.90 Å². The van der Waals surface area contributed by atoms with Crippen LogP contribution in [0, 0.1) is 6.92 Å². The molecule has 2 aromatic heterocycles. The van der Waals surface area contributed by atoms with E-state index < -0.39 is 0 Å². The number of rotatable bonds is 3. The number of carbonyl (C=O) groups is 1. The Balaban J connectivity index is 1.49. The molecule has 0 saturated carbocycles. The molecule has 6 nitrogen and oxygen atoms in total. The smallest absolute Gasteiger partial charge is 0.272 e. The highest BCUT2D eigenvalue weighted by Gasteiger charge is 2.26. The number of fused-ring (bicyclic) bond motifs is 1. The molecule has 1 amide bonds. The predicted molar refractivity (Wildman–Crippen MR) is 110 cm³/mol. The van der Waals surface area contributed by atoms with E-state index in [0.29, 0.717) is 18.8 Å². The molecule has 1 aliphatic rings. The van der Waals surface area contributed by atoms with Crippen molar-refractivity contribution < 1.29 is 4.79 Å². The van der Waals surface area contributed by atoms with Gasteiger partial charge in [0.15, 0.2) is 5.13 Å². The molecular formula is C19H22ClN5OS. The van der Waals surface area contributed by atoms with Crippen molar-refractivity contribution >= 4 is 44.2 Å². The molecule has 1 fully saturated rings. The molecular weight excluding hydrogens is 382 g/mol. The second-order valence-electron chi connectivity index (χ2n) is 7.07. The average Bonchev–Trinajstić information content (AvgIpc) is 3.32. The van der Waals surface area contributed by atoms with Gasteiger partial charge in [0.05, 0.1) is 15.2 Å². The molecule has 0 radical (unpaired) electrons. The third-order valence-electron chi connectivity index (χ3n) is 4.90. The van der Waals surface area contributed by atoms with Crippen molar-refractivity contribution in [3.8, 4) is 0 Å². The van der Waals surface area contributed by atoms with Gasteiger partial charge < -0.3 is 9.80 Å². The molecule has 0 aliphatic carbocycles. The highest BCUT2D eigenvalue weighted by molar-refractivity contribution is 7.22. The minimum Gasteiger partial charge on any atom is -0.345 e. The van der Waals surface area contributed by atoms with E-state index in [4.69, 9.17) is 16.6 Å². The Morgan fingerprint density at radius 1 is 1.19 bits per heavy atom. The number of piperazine rings is 1. The van der Waals surface area contributed by atoms with E-state index >= 15 is 0 Å². The fourth-order valence-electron chi connectivity index (χ4n) is 3.38. The van der Waals surface area contributed by atoms with Crippen molar-refractivity contribution in [2.75, 3.05) is 31.1 Å². The molecule has 0 spiro atoms. The van der Waals surface area contributed by atoms with E-state index in [9.17, 15) is 4.79 Å². The summed E-state index contributed by atoms with van der Waals surface area (Å²) in [5.74, 6) is 0.0454. The number of aromatic nitrogens is 3. The van der Waals surface area contributed by atoms with Crippen LogP contribution in [-0.2, 0) is 0 Å². The van der Waals surface area contributed by atoms with Crippen LogP contribution in [0.4, 0.5) is 5.13 Å². The largest absolute Gasteiger partial charge is 0.345 e. The highest BCUT2D eigenvalue weighted by Crippen LogP contribution is 2.35. The predicted octanol–water partition coefficient (Wildman–Crippen LogP) is 4.00. The topological polar surface area (TPSA) is 54.3 Å². The van der Waals surface area contributed by atoms with E-state index in [1.165, 1.54) is 0 Å². The van der Waals surface area contributed by atoms with Gasteiger partial charge >= 0.3 is 0 Å². The summed E-state index contributed by atoms with van der Waals surface area (Å²) in [5.41, 5.74) is 2.76. The summed E-state index contributed by atoms with van der Waals surface area (Å²) in [6, 6.07) is 5.89. The standard InChI is InChI=1S/C19H22ClN5OS/c1-12(2)25-15(6-7-21-25)18(26)23-8-10-24(11-9-23)19-22-16-13(3)4-5-14(20)17(16)27-19/h4-7,12H,8-11H2,1-3H3. The zero-order valence-corrected chi connectivity index (χ0v) is 17.2. The van der Waals surface area contributed by atoms with Crippen LogP contribution in [-0.4, -0.2) is 51.8 Å². The molecule has 0 atom stereocenters. The summed E-state index contributed by atoms with van der Waals surface area (Å²) in [5, 5.41) is 5.99. The fourth-order valence-corrected chi connectivity index (χ4v) is 4.75. The average molecular weight is 404 g/mol. The molecule has 1 saturated heterocycles. The molecule has 1 aliphatic heterocycles. The number of hydrogen-bond donors (Lipinski definition) is 0. The number of nitrogens with zero attached hydrogens (tertiary/aromatic N) is 5. The second kappa shape index (κ2) is 7.13. The molecule has 0 bridgehead atoms. The number of halogens is 1. The number of benzene rings is 1. The minimum absolute atomic E-state index is 0.0454. The summed E-state index contributed by atoms with van der Waals surface area (Å²) in [6.07, 6.45) is 1.69. The van der Waals surface area contributed by atoms with Crippen LogP contribution in [0.15, 0.2) is 24.4 Å². The number of anilines is 1. The zero-order valence-electron chi connectivity index (χ0n) is 15.6. The summed E-state index contributed by atoms with van der Waals surface area (Å²) >= 11 is 7.96. The van der Waals surface area contributed by atoms with Gasteiger partial charge in [0.1, 0.15) is 5.69 Å². The minimum atomic E-state index is 0.0454. The molecule has 142 valence electrons. The lowest BCUT2D eigenvalue weighted by molar-refractivity contribution is 0.0732. The summed E-state index contributed by atoms with van der Waals surface area (Å²) < 4.78 is 2.82. The quantitative estimate of drug-likeness (QED) is 0.663. The Labute approximate surface area is 167 Å². The van der Waals surface area contributed by atoms with Crippen LogP contribution in [0.3, 0.4) is 0 Å². The first kappa shape index (κ1) is 18.3. The first-order valence-corrected chi connectivity index (χ1v) is 10.3. The number of thiazole rings is 1. The maximum Gasteiger partial charge on any atom is 0.272 e. The monoisotopic (exact) mass is 403 g/mol. The zero-order chi connectivity index (χ0) is 19.1. The van der Waals surface area contributed by atoms with E-state index in [0.717, 1.165) is 39.0 Å². The van der Waals surface area contributed by atoms with Gasteiger partial charge in [0.2, 0.25) is 0 Å². The number of amides is 1. The molecule has 4 rings (SSSR count). The summed E-state index contributed by atoms with van der Waals surface area (Å²) in [6.45, 7) is 8.98. The Bertz CT molecular complexity index is 948. The third-order valence-corrected chi connectivity index (χ3v) is 6.48. The second-order valence-corrected chi connectivity index (χ2v) is 8.46. The van der Waals surface area contributed by atoms with E-state index in [1.807, 2.05) is 30.9 Å². The van der Waals surface area contributed by atoms with E-state index in [1.54, 1.807) is 28.3 Å². The lowest BCUT2D eigenvalue weighted by atomic mass is 10.2. The van der Waals surface area contributed by atoms with Crippen molar-refractivity contribution in [1.82, 2.24) is 19.7 Å². The summed E-state index contributed by atoms with van der Waals surface area (Å²) in [7, 11) is 0. The van der Waals surface area contributed by atoms with Crippen LogP contribution in [0.2, 0.25) is 5.02 Å². The first-order valence-electron chi connectivity index (χ1n) is 9.09. The van der Waals surface area contributed by atoms with Gasteiger partial charge in [0.25, 0.3) is 5.91 Å². The van der Waals surface area contributed by atoms with Crippen LogP contribution in [0.25, 0.3) is 10.2 Å². The van der Waals surface area contributed by atoms with Crippen molar-refractivity contribution in [1.29, 1.82) is 0 Å². The van der Waals surface area contributed by atoms with Crippen LogP contribution in [0.1, 0.15) is 35.9 Å². The molecule has 0 unspecified atom stereocenters. The van der Waals surface area contributed by atoms with Gasteiger partial charge in [-0.3, -0.25) is 9.48 Å². The molecule has 1 aromatic carbocycles. The van der Waals surface area contributed by atoms with E-state index in [-0.39, 0.29) is 11.9 Å². The van der Waals surface area contributed by atoms with Crippen molar-refractivity contribution in [3.05, 3.63) is 40.7 Å². The maximum absolute atomic E-state index is 12.9. The Morgan fingerprint density at radius 2 is 1.93 bits per heavy atom. The van der Waals surface area contributed by atoms with Gasteiger partial charge in [-0.1, -0.05) is 29.0 Å².